The molecule has 2 saturated heterocycles. The normalized spacial score (nSPS) is 19.2. The number of nitrogens with zero attached hydrogens (tertiary/aromatic N) is 4. The van der Waals surface area contributed by atoms with Gasteiger partial charge in [0, 0.05) is 44.9 Å². The fourth-order valence-corrected chi connectivity index (χ4v) is 4.22. The molecule has 5 heterocycles. The van der Waals surface area contributed by atoms with Crippen LogP contribution in [0.25, 0.3) is 16.9 Å². The number of ether oxygens (including phenoxy) is 1. The molecular formula is C18H20N6O3. The second-order valence-electron chi connectivity index (χ2n) is 7.38. The molecule has 3 aromatic rings. The van der Waals surface area contributed by atoms with Gasteiger partial charge in [0.25, 0.3) is 5.56 Å². The zero-order chi connectivity index (χ0) is 18.4. The van der Waals surface area contributed by atoms with Crippen LogP contribution in [0.4, 0.5) is 5.69 Å². The molecule has 0 unspecified atom stereocenters. The van der Waals surface area contributed by atoms with E-state index in [0.717, 1.165) is 56.9 Å². The van der Waals surface area contributed by atoms with Crippen molar-refractivity contribution in [1.29, 1.82) is 0 Å². The van der Waals surface area contributed by atoms with Gasteiger partial charge < -0.3 is 14.6 Å². The number of fused-ring (bicyclic) bond motifs is 1. The Balaban J connectivity index is 1.59. The highest BCUT2D eigenvalue weighted by atomic mass is 16.5. The van der Waals surface area contributed by atoms with Gasteiger partial charge in [0.1, 0.15) is 5.69 Å². The van der Waals surface area contributed by atoms with Gasteiger partial charge in [0.05, 0.1) is 11.3 Å². The van der Waals surface area contributed by atoms with Crippen molar-refractivity contribution in [2.75, 3.05) is 31.2 Å². The monoisotopic (exact) mass is 368 g/mol. The summed E-state index contributed by atoms with van der Waals surface area (Å²) in [6.07, 6.45) is 8.15. The van der Waals surface area contributed by atoms with Crippen LogP contribution in [-0.4, -0.2) is 50.9 Å². The molecule has 0 amide bonds. The number of aromatic nitrogens is 5. The van der Waals surface area contributed by atoms with Crippen LogP contribution >= 0.6 is 0 Å². The van der Waals surface area contributed by atoms with Crippen molar-refractivity contribution < 1.29 is 4.74 Å². The van der Waals surface area contributed by atoms with Crippen LogP contribution in [0.15, 0.2) is 34.2 Å². The molecule has 3 aromatic heterocycles. The van der Waals surface area contributed by atoms with Crippen LogP contribution in [0.3, 0.4) is 0 Å². The smallest absolute Gasteiger partial charge is 0.325 e. The van der Waals surface area contributed by atoms with E-state index in [1.54, 1.807) is 16.9 Å². The molecule has 0 saturated carbocycles. The minimum absolute atomic E-state index is 0.292. The second kappa shape index (κ2) is 6.05. The van der Waals surface area contributed by atoms with E-state index in [1.165, 1.54) is 6.20 Å². The zero-order valence-corrected chi connectivity index (χ0v) is 14.8. The van der Waals surface area contributed by atoms with Gasteiger partial charge in [-0.1, -0.05) is 0 Å². The molecule has 27 heavy (non-hydrogen) atoms. The minimum Gasteiger partial charge on any atom is -0.381 e. The van der Waals surface area contributed by atoms with Crippen molar-refractivity contribution in [1.82, 2.24) is 24.6 Å². The van der Waals surface area contributed by atoms with E-state index >= 15 is 0 Å². The van der Waals surface area contributed by atoms with Gasteiger partial charge in [-0.25, -0.2) is 14.3 Å². The van der Waals surface area contributed by atoms with E-state index in [0.29, 0.717) is 16.7 Å². The van der Waals surface area contributed by atoms with Crippen molar-refractivity contribution in [3.8, 4) is 11.3 Å². The van der Waals surface area contributed by atoms with Gasteiger partial charge in [-0.2, -0.15) is 5.10 Å². The van der Waals surface area contributed by atoms with Crippen molar-refractivity contribution in [3.05, 3.63) is 45.5 Å². The Morgan fingerprint density at radius 2 is 2.04 bits per heavy atom. The number of hydrogen-bond acceptors (Lipinski definition) is 6. The third-order valence-electron chi connectivity index (χ3n) is 5.77. The third-order valence-corrected chi connectivity index (χ3v) is 5.77. The maximum Gasteiger partial charge on any atom is 0.325 e. The average molecular weight is 368 g/mol. The van der Waals surface area contributed by atoms with Crippen LogP contribution in [0.2, 0.25) is 0 Å². The summed E-state index contributed by atoms with van der Waals surface area (Å²) in [5.41, 5.74) is 1.85. The number of rotatable bonds is 2. The first kappa shape index (κ1) is 16.2. The van der Waals surface area contributed by atoms with Crippen LogP contribution in [0, 0.1) is 5.41 Å². The van der Waals surface area contributed by atoms with E-state index in [-0.39, 0.29) is 0 Å². The Kier molecular flexibility index (Phi) is 3.64. The predicted molar refractivity (Wildman–Crippen MR) is 99.0 cm³/mol. The molecule has 140 valence electrons. The molecule has 0 atom stereocenters. The van der Waals surface area contributed by atoms with E-state index in [2.05, 4.69) is 25.0 Å². The summed E-state index contributed by atoms with van der Waals surface area (Å²) in [5, 5.41) is 4.50. The first-order chi connectivity index (χ1) is 13.1. The summed E-state index contributed by atoms with van der Waals surface area (Å²) in [6, 6.07) is 1.89. The summed E-state index contributed by atoms with van der Waals surface area (Å²) in [6.45, 7) is 3.53. The van der Waals surface area contributed by atoms with Crippen LogP contribution in [-0.2, 0) is 4.74 Å². The Morgan fingerprint density at radius 1 is 1.19 bits per heavy atom. The van der Waals surface area contributed by atoms with Gasteiger partial charge in [-0.3, -0.25) is 9.78 Å². The lowest BCUT2D eigenvalue weighted by atomic mass is 9.80. The Morgan fingerprint density at radius 3 is 2.85 bits per heavy atom. The average Bonchev–Trinajstić information content (AvgIpc) is 3.29. The predicted octanol–water partition coefficient (Wildman–Crippen LogP) is 0.780. The molecule has 0 aliphatic carbocycles. The van der Waals surface area contributed by atoms with Crippen molar-refractivity contribution in [2.24, 2.45) is 5.41 Å². The van der Waals surface area contributed by atoms with Gasteiger partial charge in [0.15, 0.2) is 5.65 Å². The molecule has 0 radical (unpaired) electrons. The number of aromatic amines is 2. The van der Waals surface area contributed by atoms with Crippen molar-refractivity contribution in [2.45, 2.75) is 19.3 Å². The molecule has 2 fully saturated rings. The van der Waals surface area contributed by atoms with E-state index in [9.17, 15) is 9.59 Å². The molecule has 9 nitrogen and oxygen atoms in total. The fraction of sp³-hybridized carbons (Fsp3) is 0.444. The summed E-state index contributed by atoms with van der Waals surface area (Å²) in [7, 11) is 0. The number of imidazole rings is 1. The molecule has 9 heteroatoms. The topological polar surface area (TPSA) is 108 Å². The van der Waals surface area contributed by atoms with Gasteiger partial charge in [-0.15, -0.1) is 0 Å². The number of nitrogens with one attached hydrogen (secondary N) is 2. The third kappa shape index (κ3) is 2.74. The highest BCUT2D eigenvalue weighted by molar-refractivity contribution is 5.74. The quantitative estimate of drug-likeness (QED) is 0.692. The molecule has 0 bridgehead atoms. The zero-order valence-electron chi connectivity index (χ0n) is 14.8. The Labute approximate surface area is 154 Å². The molecule has 0 aromatic carbocycles. The van der Waals surface area contributed by atoms with Crippen LogP contribution in [0.5, 0.6) is 0 Å². The summed E-state index contributed by atoms with van der Waals surface area (Å²) in [4.78, 5) is 35.1. The number of hydrogen-bond donors (Lipinski definition) is 2. The second-order valence-corrected chi connectivity index (χ2v) is 7.38. The van der Waals surface area contributed by atoms with E-state index in [1.807, 2.05) is 6.07 Å². The molecule has 1 spiro atoms. The lowest BCUT2D eigenvalue weighted by Gasteiger charge is -2.33. The van der Waals surface area contributed by atoms with Crippen LogP contribution in [0.1, 0.15) is 19.3 Å². The SMILES string of the molecule is O=c1[nH]cc(-c2cc(N3CCC4(CCOCC4)C3)c3nccn3n2)c(=O)[nH]1. The minimum atomic E-state index is -0.534. The van der Waals surface area contributed by atoms with Crippen molar-refractivity contribution in [3.63, 3.8) is 0 Å². The highest BCUT2D eigenvalue weighted by Crippen LogP contribution is 2.42. The molecule has 5 rings (SSSR count). The maximum absolute atomic E-state index is 12.2. The van der Waals surface area contributed by atoms with E-state index in [4.69, 9.17) is 4.74 Å². The fourth-order valence-electron chi connectivity index (χ4n) is 4.22. The molecule has 2 aliphatic heterocycles. The highest BCUT2D eigenvalue weighted by Gasteiger charge is 2.40. The Bertz CT molecular complexity index is 1110. The lowest BCUT2D eigenvalue weighted by Crippen LogP contribution is -2.33. The largest absolute Gasteiger partial charge is 0.381 e. The number of anilines is 1. The molecule has 2 aliphatic rings. The van der Waals surface area contributed by atoms with Crippen molar-refractivity contribution >= 4 is 11.3 Å². The standard InChI is InChI=1S/C18H20N6O3/c25-16-12(10-20-17(26)21-16)13-9-14(15-19-4-6-24(15)22-13)23-5-1-18(11-23)2-7-27-8-3-18/h4,6,9-10H,1-3,5,7-8,11H2,(H2,20,21,25,26). The maximum atomic E-state index is 12.2. The van der Waals surface area contributed by atoms with Crippen LogP contribution < -0.4 is 16.1 Å². The lowest BCUT2D eigenvalue weighted by molar-refractivity contribution is 0.0254. The molecule has 2 N–H and O–H groups in total. The summed E-state index contributed by atoms with van der Waals surface area (Å²) < 4.78 is 7.23. The molecular weight excluding hydrogens is 348 g/mol. The summed E-state index contributed by atoms with van der Waals surface area (Å²) in [5.74, 6) is 0. The first-order valence-corrected chi connectivity index (χ1v) is 9.13. The first-order valence-electron chi connectivity index (χ1n) is 9.13. The van der Waals surface area contributed by atoms with Gasteiger partial charge in [0.2, 0.25) is 0 Å². The summed E-state index contributed by atoms with van der Waals surface area (Å²) >= 11 is 0. The van der Waals surface area contributed by atoms with Gasteiger partial charge >= 0.3 is 5.69 Å². The van der Waals surface area contributed by atoms with E-state index < -0.39 is 11.2 Å². The van der Waals surface area contributed by atoms with Gasteiger partial charge in [-0.05, 0) is 30.7 Å². The Hall–Kier alpha value is -2.94. The number of H-pyrrole nitrogens is 2.